The van der Waals surface area contributed by atoms with E-state index in [0.29, 0.717) is 6.42 Å². The number of phosphoric ester groups is 1. The van der Waals surface area contributed by atoms with E-state index in [0.717, 1.165) is 38.5 Å². The van der Waals surface area contributed by atoms with Crippen LogP contribution in [0.4, 0.5) is 0 Å². The Morgan fingerprint density at radius 3 is 1.49 bits per heavy atom. The Kier molecular flexibility index (Phi) is 28.4. The molecule has 0 aromatic carbocycles. The molecule has 0 aliphatic carbocycles. The van der Waals surface area contributed by atoms with E-state index in [1.165, 1.54) is 83.5 Å². The average molecular weight is 608 g/mol. The number of hydrogen-bond donors (Lipinski definition) is 2. The number of unbranched alkanes of at least 4 members (excludes halogenated alkanes) is 18. The summed E-state index contributed by atoms with van der Waals surface area (Å²) in [6.07, 6.45) is 22.9. The van der Waals surface area contributed by atoms with E-state index in [4.69, 9.17) is 24.3 Å². The minimum atomic E-state index is -4.35. The summed E-state index contributed by atoms with van der Waals surface area (Å²) in [5.74, 6) is -0.829. The third-order valence-electron chi connectivity index (χ3n) is 6.99. The number of hydrogen-bond acceptors (Lipinski definition) is 8. The Labute approximate surface area is 250 Å². The SMILES string of the molecule is CCCCCCCCCCCCCCC(=O)OC[C@@H](COP(=O)(O)OCCN)OC(=O)CCCCCCCCCC. The van der Waals surface area contributed by atoms with Gasteiger partial charge in [-0.1, -0.05) is 129 Å². The molecule has 2 atom stereocenters. The quantitative estimate of drug-likeness (QED) is 0.0454. The van der Waals surface area contributed by atoms with Gasteiger partial charge in [-0.2, -0.15) is 0 Å². The maximum atomic E-state index is 12.4. The van der Waals surface area contributed by atoms with Crippen LogP contribution in [0, 0.1) is 0 Å². The number of nitrogens with two attached hydrogens (primary N) is 1. The van der Waals surface area contributed by atoms with Crippen molar-refractivity contribution >= 4 is 19.8 Å². The average Bonchev–Trinajstić information content (AvgIpc) is 2.95. The Morgan fingerprint density at radius 2 is 1.05 bits per heavy atom. The van der Waals surface area contributed by atoms with Crippen molar-refractivity contribution in [3.63, 3.8) is 0 Å². The molecule has 0 heterocycles. The van der Waals surface area contributed by atoms with Crippen LogP contribution >= 0.6 is 7.82 Å². The van der Waals surface area contributed by atoms with E-state index < -0.39 is 26.5 Å². The molecule has 0 saturated heterocycles. The summed E-state index contributed by atoms with van der Waals surface area (Å²) in [6.45, 7) is 3.68. The summed E-state index contributed by atoms with van der Waals surface area (Å²) >= 11 is 0. The Bertz CT molecular complexity index is 664. The first kappa shape index (κ1) is 40.0. The zero-order valence-electron chi connectivity index (χ0n) is 26.3. The molecule has 0 spiro atoms. The van der Waals surface area contributed by atoms with Crippen LogP contribution in [0.25, 0.3) is 0 Å². The monoisotopic (exact) mass is 607 g/mol. The van der Waals surface area contributed by atoms with Gasteiger partial charge in [0.25, 0.3) is 0 Å². The van der Waals surface area contributed by atoms with Crippen LogP contribution in [-0.2, 0) is 32.7 Å². The maximum Gasteiger partial charge on any atom is 0.472 e. The lowest BCUT2D eigenvalue weighted by Gasteiger charge is -2.19. The third-order valence-corrected chi connectivity index (χ3v) is 7.98. The van der Waals surface area contributed by atoms with Crippen molar-refractivity contribution < 1.29 is 37.6 Å². The highest BCUT2D eigenvalue weighted by molar-refractivity contribution is 7.47. The Hall–Kier alpha value is -0.990. The Morgan fingerprint density at radius 1 is 0.634 bits per heavy atom. The van der Waals surface area contributed by atoms with Crippen molar-refractivity contribution in [3.8, 4) is 0 Å². The first-order valence-electron chi connectivity index (χ1n) is 16.5. The van der Waals surface area contributed by atoms with Gasteiger partial charge in [0, 0.05) is 19.4 Å². The molecule has 0 saturated carbocycles. The largest absolute Gasteiger partial charge is 0.472 e. The molecule has 0 radical (unpaired) electrons. The summed E-state index contributed by atoms with van der Waals surface area (Å²) < 4.78 is 32.4. The van der Waals surface area contributed by atoms with Crippen molar-refractivity contribution in [2.45, 2.75) is 161 Å². The topological polar surface area (TPSA) is 134 Å². The van der Waals surface area contributed by atoms with E-state index in [2.05, 4.69) is 13.8 Å². The summed E-state index contributed by atoms with van der Waals surface area (Å²) in [5.41, 5.74) is 5.30. The molecule has 10 heteroatoms. The second kappa shape index (κ2) is 29.1. The van der Waals surface area contributed by atoms with Crippen LogP contribution in [-0.4, -0.2) is 49.3 Å². The first-order valence-corrected chi connectivity index (χ1v) is 18.0. The molecule has 1 unspecified atom stereocenters. The molecule has 41 heavy (non-hydrogen) atoms. The standard InChI is InChI=1S/C31H62NO8P/c1-3-5-7-9-11-13-14-15-16-18-19-21-23-30(33)37-27-29(28-39-41(35,36)38-26-25-32)40-31(34)24-22-20-17-12-10-8-6-4-2/h29H,3-28,32H2,1-2H3,(H,35,36)/t29-/m0/s1. The molecule has 0 aliphatic heterocycles. The second-order valence-corrected chi connectivity index (χ2v) is 12.5. The lowest BCUT2D eigenvalue weighted by molar-refractivity contribution is -0.161. The van der Waals surface area contributed by atoms with Gasteiger partial charge in [-0.3, -0.25) is 18.6 Å². The highest BCUT2D eigenvalue weighted by Crippen LogP contribution is 2.43. The molecule has 0 fully saturated rings. The summed E-state index contributed by atoms with van der Waals surface area (Å²) in [6, 6.07) is 0. The van der Waals surface area contributed by atoms with Crippen molar-refractivity contribution in [2.24, 2.45) is 5.73 Å². The molecule has 244 valence electrons. The number of esters is 2. The third kappa shape index (κ3) is 28.9. The van der Waals surface area contributed by atoms with Crippen molar-refractivity contribution in [3.05, 3.63) is 0 Å². The number of carbonyl (C=O) groups excluding carboxylic acids is 2. The van der Waals surface area contributed by atoms with E-state index in [-0.39, 0.29) is 38.6 Å². The fraction of sp³-hybridized carbons (Fsp3) is 0.935. The predicted octanol–water partition coefficient (Wildman–Crippen LogP) is 8.16. The van der Waals surface area contributed by atoms with Crippen LogP contribution in [0.2, 0.25) is 0 Å². The molecular formula is C31H62NO8P. The lowest BCUT2D eigenvalue weighted by Crippen LogP contribution is -2.29. The molecule has 0 aromatic rings. The zero-order valence-corrected chi connectivity index (χ0v) is 27.2. The number of rotatable bonds is 31. The summed E-state index contributed by atoms with van der Waals surface area (Å²) in [4.78, 5) is 34.4. The molecule has 9 nitrogen and oxygen atoms in total. The lowest BCUT2D eigenvalue weighted by atomic mass is 10.0. The molecule has 0 aliphatic rings. The van der Waals surface area contributed by atoms with Crippen molar-refractivity contribution in [2.75, 3.05) is 26.4 Å². The van der Waals surface area contributed by atoms with E-state index in [1.807, 2.05) is 0 Å². The van der Waals surface area contributed by atoms with Gasteiger partial charge in [-0.25, -0.2) is 4.57 Å². The molecule has 0 rings (SSSR count). The molecular weight excluding hydrogens is 545 g/mol. The minimum Gasteiger partial charge on any atom is -0.462 e. The van der Waals surface area contributed by atoms with Crippen LogP contribution in [0.15, 0.2) is 0 Å². The van der Waals surface area contributed by atoms with Gasteiger partial charge in [0.2, 0.25) is 0 Å². The summed E-state index contributed by atoms with van der Waals surface area (Å²) in [7, 11) is -4.35. The van der Waals surface area contributed by atoms with Gasteiger partial charge >= 0.3 is 19.8 Å². The number of carbonyl (C=O) groups is 2. The zero-order chi connectivity index (χ0) is 30.4. The first-order chi connectivity index (χ1) is 19.8. The van der Waals surface area contributed by atoms with Crippen LogP contribution in [0.3, 0.4) is 0 Å². The van der Waals surface area contributed by atoms with Gasteiger partial charge in [0.15, 0.2) is 6.10 Å². The van der Waals surface area contributed by atoms with Crippen molar-refractivity contribution in [1.82, 2.24) is 0 Å². The van der Waals surface area contributed by atoms with Crippen molar-refractivity contribution in [1.29, 1.82) is 0 Å². The van der Waals surface area contributed by atoms with E-state index in [1.54, 1.807) is 0 Å². The highest BCUT2D eigenvalue weighted by atomic mass is 31.2. The van der Waals surface area contributed by atoms with Gasteiger partial charge < -0.3 is 20.1 Å². The fourth-order valence-corrected chi connectivity index (χ4v) is 5.28. The normalized spacial score (nSPS) is 13.6. The van der Waals surface area contributed by atoms with Gasteiger partial charge in [-0.15, -0.1) is 0 Å². The van der Waals surface area contributed by atoms with Gasteiger partial charge in [0.1, 0.15) is 6.61 Å². The molecule has 0 aromatic heterocycles. The van der Waals surface area contributed by atoms with Gasteiger partial charge in [0.05, 0.1) is 13.2 Å². The molecule has 0 amide bonds. The number of phosphoric acid groups is 1. The van der Waals surface area contributed by atoms with E-state index in [9.17, 15) is 19.0 Å². The number of ether oxygens (including phenoxy) is 2. The van der Waals surface area contributed by atoms with E-state index >= 15 is 0 Å². The smallest absolute Gasteiger partial charge is 0.462 e. The van der Waals surface area contributed by atoms with Crippen LogP contribution in [0.1, 0.15) is 155 Å². The minimum absolute atomic E-state index is 0.0572. The maximum absolute atomic E-state index is 12.4. The van der Waals surface area contributed by atoms with Gasteiger partial charge in [-0.05, 0) is 12.8 Å². The van der Waals surface area contributed by atoms with Crippen LogP contribution in [0.5, 0.6) is 0 Å². The molecule has 3 N–H and O–H groups in total. The predicted molar refractivity (Wildman–Crippen MR) is 165 cm³/mol. The summed E-state index contributed by atoms with van der Waals surface area (Å²) in [5, 5.41) is 0. The Balaban J connectivity index is 4.25. The van der Waals surface area contributed by atoms with Crippen LogP contribution < -0.4 is 5.73 Å². The second-order valence-electron chi connectivity index (χ2n) is 11.0. The fourth-order valence-electron chi connectivity index (χ4n) is 4.52. The highest BCUT2D eigenvalue weighted by Gasteiger charge is 2.25. The molecule has 0 bridgehead atoms.